The molecular weight excluding hydrogens is 200 g/mol. The number of nitrogens with one attached hydrogen (secondary N) is 1. The van der Waals surface area contributed by atoms with Gasteiger partial charge in [-0.15, -0.1) is 0 Å². The van der Waals surface area contributed by atoms with Crippen molar-refractivity contribution >= 4 is 5.91 Å². The summed E-state index contributed by atoms with van der Waals surface area (Å²) in [6, 6.07) is 9.91. The molecule has 0 bridgehead atoms. The first-order valence-electron chi connectivity index (χ1n) is 5.52. The van der Waals surface area contributed by atoms with Crippen LogP contribution >= 0.6 is 0 Å². The van der Waals surface area contributed by atoms with Crippen LogP contribution in [-0.4, -0.2) is 11.4 Å². The van der Waals surface area contributed by atoms with Crippen molar-refractivity contribution in [2.24, 2.45) is 5.73 Å². The molecule has 0 aliphatic carbocycles. The molecule has 1 aromatic rings. The molecule has 0 radical (unpaired) electrons. The highest BCUT2D eigenvalue weighted by atomic mass is 16.1. The fraction of sp³-hybridized carbons (Fsp3) is 0.462. The summed E-state index contributed by atoms with van der Waals surface area (Å²) in [7, 11) is 0. The molecule has 0 saturated carbocycles. The number of nitrogens with two attached hydrogens (primary N) is 1. The van der Waals surface area contributed by atoms with E-state index in [1.54, 1.807) is 0 Å². The van der Waals surface area contributed by atoms with Crippen molar-refractivity contribution < 1.29 is 4.79 Å². The van der Waals surface area contributed by atoms with E-state index in [0.717, 1.165) is 5.56 Å². The van der Waals surface area contributed by atoms with Crippen LogP contribution in [0.4, 0.5) is 0 Å². The molecule has 0 saturated heterocycles. The van der Waals surface area contributed by atoms with Gasteiger partial charge in [-0.25, -0.2) is 0 Å². The van der Waals surface area contributed by atoms with Gasteiger partial charge in [-0.05, 0) is 26.3 Å². The van der Waals surface area contributed by atoms with Crippen LogP contribution in [0.5, 0.6) is 0 Å². The number of hydrogen-bond donors (Lipinski definition) is 2. The predicted molar refractivity (Wildman–Crippen MR) is 65.9 cm³/mol. The van der Waals surface area contributed by atoms with Crippen molar-refractivity contribution in [3.05, 3.63) is 35.9 Å². The minimum absolute atomic E-state index is 0.0103. The standard InChI is InChI=1S/C13H20N2O/c1-10(11-7-5-4-6-8-11)15-12(16)9-13(2,3)14/h4-8,10H,9,14H2,1-3H3,(H,15,16)/t10-/m0/s1. The van der Waals surface area contributed by atoms with Crippen LogP contribution in [0.25, 0.3) is 0 Å². The first-order valence-corrected chi connectivity index (χ1v) is 5.52. The van der Waals surface area contributed by atoms with E-state index >= 15 is 0 Å². The van der Waals surface area contributed by atoms with Crippen molar-refractivity contribution in [3.8, 4) is 0 Å². The summed E-state index contributed by atoms with van der Waals surface area (Å²) in [5.41, 5.74) is 6.43. The van der Waals surface area contributed by atoms with E-state index < -0.39 is 5.54 Å². The summed E-state index contributed by atoms with van der Waals surface area (Å²) < 4.78 is 0. The molecule has 1 atom stereocenters. The highest BCUT2D eigenvalue weighted by Gasteiger charge is 2.17. The third-order valence-corrected chi connectivity index (χ3v) is 2.29. The Balaban J connectivity index is 2.52. The van der Waals surface area contributed by atoms with E-state index in [9.17, 15) is 4.79 Å². The number of carbonyl (C=O) groups is 1. The Hall–Kier alpha value is -1.35. The summed E-state index contributed by atoms with van der Waals surface area (Å²) in [6.07, 6.45) is 0.337. The van der Waals surface area contributed by atoms with E-state index in [1.807, 2.05) is 51.1 Å². The summed E-state index contributed by atoms with van der Waals surface area (Å²) in [6.45, 7) is 5.66. The topological polar surface area (TPSA) is 55.1 Å². The van der Waals surface area contributed by atoms with Crippen molar-refractivity contribution in [2.45, 2.75) is 38.8 Å². The first kappa shape index (κ1) is 12.7. The molecule has 0 unspecified atom stereocenters. The van der Waals surface area contributed by atoms with E-state index in [1.165, 1.54) is 0 Å². The lowest BCUT2D eigenvalue weighted by Gasteiger charge is -2.20. The van der Waals surface area contributed by atoms with Gasteiger partial charge in [0.15, 0.2) is 0 Å². The smallest absolute Gasteiger partial charge is 0.222 e. The number of carbonyl (C=O) groups excluding carboxylic acids is 1. The van der Waals surface area contributed by atoms with Crippen LogP contribution in [0.15, 0.2) is 30.3 Å². The number of hydrogen-bond acceptors (Lipinski definition) is 2. The van der Waals surface area contributed by atoms with E-state index in [-0.39, 0.29) is 11.9 Å². The second-order valence-corrected chi connectivity index (χ2v) is 4.87. The lowest BCUT2D eigenvalue weighted by atomic mass is 10.0. The fourth-order valence-corrected chi connectivity index (χ4v) is 1.53. The van der Waals surface area contributed by atoms with Crippen LogP contribution in [-0.2, 0) is 4.79 Å². The first-order chi connectivity index (χ1) is 7.38. The Morgan fingerprint density at radius 1 is 1.38 bits per heavy atom. The SMILES string of the molecule is C[C@H](NC(=O)CC(C)(C)N)c1ccccc1. The molecule has 0 aliphatic rings. The molecule has 16 heavy (non-hydrogen) atoms. The molecule has 3 nitrogen and oxygen atoms in total. The van der Waals surface area contributed by atoms with Crippen molar-refractivity contribution in [1.82, 2.24) is 5.32 Å². The zero-order valence-corrected chi connectivity index (χ0v) is 10.2. The second kappa shape index (κ2) is 5.12. The van der Waals surface area contributed by atoms with Gasteiger partial charge in [0.1, 0.15) is 0 Å². The molecule has 1 aromatic carbocycles. The molecule has 0 heterocycles. The quantitative estimate of drug-likeness (QED) is 0.815. The maximum atomic E-state index is 11.7. The molecule has 1 amide bonds. The monoisotopic (exact) mass is 220 g/mol. The van der Waals surface area contributed by atoms with E-state index in [2.05, 4.69) is 5.32 Å². The van der Waals surface area contributed by atoms with Gasteiger partial charge >= 0.3 is 0 Å². The summed E-state index contributed by atoms with van der Waals surface area (Å²) in [5, 5.41) is 2.93. The Bertz CT molecular complexity index is 341. The molecule has 88 valence electrons. The Labute approximate surface area is 97.0 Å². The van der Waals surface area contributed by atoms with Crippen LogP contribution in [0.3, 0.4) is 0 Å². The molecule has 1 rings (SSSR count). The maximum Gasteiger partial charge on any atom is 0.222 e. The van der Waals surface area contributed by atoms with Gasteiger partial charge in [0, 0.05) is 12.0 Å². The van der Waals surface area contributed by atoms with Gasteiger partial charge in [0.05, 0.1) is 6.04 Å². The third kappa shape index (κ3) is 4.45. The van der Waals surface area contributed by atoms with Gasteiger partial charge in [0.2, 0.25) is 5.91 Å². The molecule has 0 aromatic heterocycles. The molecule has 0 spiro atoms. The van der Waals surface area contributed by atoms with Crippen molar-refractivity contribution in [2.75, 3.05) is 0 Å². The largest absolute Gasteiger partial charge is 0.350 e. The molecule has 3 N–H and O–H groups in total. The van der Waals surface area contributed by atoms with Crippen LogP contribution in [0, 0.1) is 0 Å². The average Bonchev–Trinajstić information content (AvgIpc) is 2.16. The van der Waals surface area contributed by atoms with Gasteiger partial charge in [0.25, 0.3) is 0 Å². The van der Waals surface area contributed by atoms with Gasteiger partial charge < -0.3 is 11.1 Å². The van der Waals surface area contributed by atoms with E-state index in [4.69, 9.17) is 5.73 Å². The van der Waals surface area contributed by atoms with Gasteiger partial charge in [-0.2, -0.15) is 0 Å². The van der Waals surface area contributed by atoms with Crippen molar-refractivity contribution in [3.63, 3.8) is 0 Å². The predicted octanol–water partition coefficient (Wildman–Crippen LogP) is 1.99. The zero-order valence-electron chi connectivity index (χ0n) is 10.2. The second-order valence-electron chi connectivity index (χ2n) is 4.87. The summed E-state index contributed by atoms with van der Waals surface area (Å²) >= 11 is 0. The fourth-order valence-electron chi connectivity index (χ4n) is 1.53. The maximum absolute atomic E-state index is 11.7. The number of benzene rings is 1. The Morgan fingerprint density at radius 2 is 1.94 bits per heavy atom. The Kier molecular flexibility index (Phi) is 4.07. The zero-order chi connectivity index (χ0) is 12.2. The lowest BCUT2D eigenvalue weighted by molar-refractivity contribution is -0.122. The third-order valence-electron chi connectivity index (χ3n) is 2.29. The number of rotatable bonds is 4. The average molecular weight is 220 g/mol. The van der Waals surface area contributed by atoms with Crippen LogP contribution in [0.2, 0.25) is 0 Å². The summed E-state index contributed by atoms with van der Waals surface area (Å²) in [4.78, 5) is 11.7. The van der Waals surface area contributed by atoms with E-state index in [0.29, 0.717) is 6.42 Å². The highest BCUT2D eigenvalue weighted by molar-refractivity contribution is 5.77. The Morgan fingerprint density at radius 3 is 2.44 bits per heavy atom. The normalized spacial score (nSPS) is 13.2. The highest BCUT2D eigenvalue weighted by Crippen LogP contribution is 2.12. The minimum atomic E-state index is -0.458. The molecular formula is C13H20N2O. The van der Waals surface area contributed by atoms with Crippen LogP contribution < -0.4 is 11.1 Å². The molecule has 0 aliphatic heterocycles. The lowest BCUT2D eigenvalue weighted by Crippen LogP contribution is -2.39. The molecule has 0 fully saturated rings. The molecule has 3 heteroatoms. The minimum Gasteiger partial charge on any atom is -0.350 e. The van der Waals surface area contributed by atoms with Gasteiger partial charge in [-0.1, -0.05) is 30.3 Å². The number of amides is 1. The van der Waals surface area contributed by atoms with Crippen LogP contribution in [0.1, 0.15) is 38.8 Å². The van der Waals surface area contributed by atoms with Crippen molar-refractivity contribution in [1.29, 1.82) is 0 Å². The summed E-state index contributed by atoms with van der Waals surface area (Å²) in [5.74, 6) is -0.0103. The van der Waals surface area contributed by atoms with Gasteiger partial charge in [-0.3, -0.25) is 4.79 Å².